The Bertz CT molecular complexity index is 762. The van der Waals surface area contributed by atoms with Crippen molar-refractivity contribution in [2.75, 3.05) is 22.9 Å². The minimum Gasteiger partial charge on any atom is -0.459 e. The maximum Gasteiger partial charge on any atom is 0.414 e. The Kier molecular flexibility index (Phi) is 4.53. The van der Waals surface area contributed by atoms with Crippen molar-refractivity contribution >= 4 is 23.4 Å². The SMILES string of the molecule is CC(C)(C)OC(=O)N1CCCN(C(=O)c2ccco2)c2ccccc21. The molecule has 0 unspecified atom stereocenters. The number of benzene rings is 1. The highest BCUT2D eigenvalue weighted by Crippen LogP contribution is 2.34. The quantitative estimate of drug-likeness (QED) is 0.783. The lowest BCUT2D eigenvalue weighted by Crippen LogP contribution is -2.37. The van der Waals surface area contributed by atoms with Crippen LogP contribution in [0.15, 0.2) is 47.1 Å². The van der Waals surface area contributed by atoms with E-state index in [9.17, 15) is 9.59 Å². The summed E-state index contributed by atoms with van der Waals surface area (Å²) in [5.74, 6) is 0.0593. The molecule has 2 amide bonds. The fourth-order valence-electron chi connectivity index (χ4n) is 2.80. The standard InChI is InChI=1S/C19H22N2O4/c1-19(2,3)25-18(23)21-12-7-11-20(14-8-4-5-9-15(14)21)17(22)16-10-6-13-24-16/h4-6,8-10,13H,7,11-12H2,1-3H3. The molecule has 0 saturated carbocycles. The molecule has 1 aliphatic rings. The van der Waals surface area contributed by atoms with E-state index in [1.165, 1.54) is 6.26 Å². The van der Waals surface area contributed by atoms with Crippen LogP contribution >= 0.6 is 0 Å². The minimum atomic E-state index is -0.581. The van der Waals surface area contributed by atoms with Gasteiger partial charge in [-0.3, -0.25) is 9.69 Å². The zero-order valence-corrected chi connectivity index (χ0v) is 14.7. The summed E-state index contributed by atoms with van der Waals surface area (Å²) >= 11 is 0. The van der Waals surface area contributed by atoms with E-state index in [4.69, 9.17) is 9.15 Å². The van der Waals surface area contributed by atoms with Crippen LogP contribution in [0.3, 0.4) is 0 Å². The molecule has 132 valence electrons. The molecule has 2 aromatic rings. The smallest absolute Gasteiger partial charge is 0.414 e. The molecule has 0 N–H and O–H groups in total. The summed E-state index contributed by atoms with van der Waals surface area (Å²) in [4.78, 5) is 28.6. The van der Waals surface area contributed by atoms with Crippen LogP contribution in [0.2, 0.25) is 0 Å². The predicted molar refractivity (Wildman–Crippen MR) is 95.0 cm³/mol. The van der Waals surface area contributed by atoms with Crippen LogP contribution in [0.25, 0.3) is 0 Å². The van der Waals surface area contributed by atoms with Gasteiger partial charge in [0, 0.05) is 13.1 Å². The topological polar surface area (TPSA) is 63.0 Å². The van der Waals surface area contributed by atoms with Crippen LogP contribution in [0, 0.1) is 0 Å². The Morgan fingerprint density at radius 1 is 1.00 bits per heavy atom. The number of nitrogens with zero attached hydrogens (tertiary/aromatic N) is 2. The molecule has 0 spiro atoms. The fraction of sp³-hybridized carbons (Fsp3) is 0.368. The van der Waals surface area contributed by atoms with E-state index in [0.717, 1.165) is 0 Å². The molecule has 6 heteroatoms. The number of furan rings is 1. The summed E-state index contributed by atoms with van der Waals surface area (Å²) in [5, 5.41) is 0. The lowest BCUT2D eigenvalue weighted by Gasteiger charge is -2.28. The molecule has 0 bridgehead atoms. The monoisotopic (exact) mass is 342 g/mol. The Hall–Kier alpha value is -2.76. The van der Waals surface area contributed by atoms with E-state index in [1.54, 1.807) is 21.9 Å². The van der Waals surface area contributed by atoms with E-state index in [2.05, 4.69) is 0 Å². The first-order chi connectivity index (χ1) is 11.9. The number of carbonyl (C=O) groups is 2. The molecule has 3 rings (SSSR count). The van der Waals surface area contributed by atoms with Gasteiger partial charge in [0.05, 0.1) is 17.6 Å². The molecule has 1 aliphatic heterocycles. The molecule has 0 saturated heterocycles. The van der Waals surface area contributed by atoms with Crippen molar-refractivity contribution in [2.45, 2.75) is 32.8 Å². The first-order valence-electron chi connectivity index (χ1n) is 8.32. The van der Waals surface area contributed by atoms with Crippen molar-refractivity contribution in [3.63, 3.8) is 0 Å². The highest BCUT2D eigenvalue weighted by atomic mass is 16.6. The average molecular weight is 342 g/mol. The number of anilines is 2. The molecule has 1 aromatic heterocycles. The zero-order valence-electron chi connectivity index (χ0n) is 14.7. The summed E-state index contributed by atoms with van der Waals surface area (Å²) in [5.41, 5.74) is 0.753. The van der Waals surface area contributed by atoms with Gasteiger partial charge in [0.15, 0.2) is 5.76 Å². The number of para-hydroxylation sites is 2. The average Bonchev–Trinajstić information content (AvgIpc) is 3.00. The highest BCUT2D eigenvalue weighted by molar-refractivity contribution is 6.07. The number of amides is 2. The Balaban J connectivity index is 1.96. The third kappa shape index (κ3) is 3.68. The molecular weight excluding hydrogens is 320 g/mol. The van der Waals surface area contributed by atoms with Gasteiger partial charge < -0.3 is 14.1 Å². The number of hydrogen-bond donors (Lipinski definition) is 0. The van der Waals surface area contributed by atoms with Crippen LogP contribution in [0.1, 0.15) is 37.7 Å². The lowest BCUT2D eigenvalue weighted by molar-refractivity contribution is 0.0581. The van der Waals surface area contributed by atoms with Crippen molar-refractivity contribution < 1.29 is 18.7 Å². The molecule has 6 nitrogen and oxygen atoms in total. The van der Waals surface area contributed by atoms with Crippen molar-refractivity contribution in [3.8, 4) is 0 Å². The van der Waals surface area contributed by atoms with Crippen LogP contribution in [0.5, 0.6) is 0 Å². The summed E-state index contributed by atoms with van der Waals surface area (Å²) in [6.45, 7) is 6.48. The van der Waals surface area contributed by atoms with Gasteiger partial charge in [-0.25, -0.2) is 4.79 Å². The van der Waals surface area contributed by atoms with Crippen molar-refractivity contribution in [1.82, 2.24) is 0 Å². The fourth-order valence-corrected chi connectivity index (χ4v) is 2.80. The lowest BCUT2D eigenvalue weighted by atomic mass is 10.2. The Morgan fingerprint density at radius 2 is 1.64 bits per heavy atom. The van der Waals surface area contributed by atoms with Gasteiger partial charge in [0.2, 0.25) is 0 Å². The number of ether oxygens (including phenoxy) is 1. The predicted octanol–water partition coefficient (Wildman–Crippen LogP) is 4.07. The van der Waals surface area contributed by atoms with Crippen molar-refractivity contribution in [2.24, 2.45) is 0 Å². The highest BCUT2D eigenvalue weighted by Gasteiger charge is 2.31. The molecule has 0 fully saturated rings. The van der Waals surface area contributed by atoms with E-state index >= 15 is 0 Å². The van der Waals surface area contributed by atoms with E-state index in [1.807, 2.05) is 45.0 Å². The van der Waals surface area contributed by atoms with Crippen LogP contribution in [0.4, 0.5) is 16.2 Å². The number of hydrogen-bond acceptors (Lipinski definition) is 4. The molecule has 0 aliphatic carbocycles. The summed E-state index contributed by atoms with van der Waals surface area (Å²) < 4.78 is 10.8. The normalized spacial score (nSPS) is 14.7. The van der Waals surface area contributed by atoms with Crippen LogP contribution < -0.4 is 9.80 Å². The third-order valence-corrected chi connectivity index (χ3v) is 3.82. The van der Waals surface area contributed by atoms with E-state index < -0.39 is 11.7 Å². The second-order valence-corrected chi connectivity index (χ2v) is 6.91. The number of carbonyl (C=O) groups excluding carboxylic acids is 2. The summed E-state index contributed by atoms with van der Waals surface area (Å²) in [6.07, 6.45) is 1.71. The molecule has 25 heavy (non-hydrogen) atoms. The van der Waals surface area contributed by atoms with Gasteiger partial charge in [-0.1, -0.05) is 12.1 Å². The Labute approximate surface area is 147 Å². The van der Waals surface area contributed by atoms with Gasteiger partial charge in [-0.2, -0.15) is 0 Å². The van der Waals surface area contributed by atoms with Gasteiger partial charge in [0.25, 0.3) is 5.91 Å². The molecule has 0 atom stereocenters. The molecule has 1 aromatic carbocycles. The van der Waals surface area contributed by atoms with Gasteiger partial charge in [-0.05, 0) is 51.5 Å². The van der Waals surface area contributed by atoms with Gasteiger partial charge >= 0.3 is 6.09 Å². The van der Waals surface area contributed by atoms with Gasteiger partial charge in [-0.15, -0.1) is 0 Å². The number of fused-ring (bicyclic) bond motifs is 1. The number of rotatable bonds is 1. The van der Waals surface area contributed by atoms with Gasteiger partial charge in [0.1, 0.15) is 5.60 Å². The molecular formula is C19H22N2O4. The van der Waals surface area contributed by atoms with E-state index in [-0.39, 0.29) is 11.7 Å². The zero-order chi connectivity index (χ0) is 18.0. The summed E-state index contributed by atoms with van der Waals surface area (Å²) in [7, 11) is 0. The molecule has 0 radical (unpaired) electrons. The Morgan fingerprint density at radius 3 is 2.24 bits per heavy atom. The maximum absolute atomic E-state index is 12.8. The second kappa shape index (κ2) is 6.63. The first kappa shape index (κ1) is 17.1. The maximum atomic E-state index is 12.8. The third-order valence-electron chi connectivity index (χ3n) is 3.82. The minimum absolute atomic E-state index is 0.219. The second-order valence-electron chi connectivity index (χ2n) is 6.91. The van der Waals surface area contributed by atoms with Crippen LogP contribution in [-0.2, 0) is 4.74 Å². The van der Waals surface area contributed by atoms with E-state index in [0.29, 0.717) is 30.9 Å². The first-order valence-corrected chi connectivity index (χ1v) is 8.32. The van der Waals surface area contributed by atoms with Crippen molar-refractivity contribution in [1.29, 1.82) is 0 Å². The van der Waals surface area contributed by atoms with Crippen LogP contribution in [-0.4, -0.2) is 30.7 Å². The summed E-state index contributed by atoms with van der Waals surface area (Å²) in [6, 6.07) is 10.7. The molecule has 2 heterocycles. The largest absolute Gasteiger partial charge is 0.459 e. The van der Waals surface area contributed by atoms with Crippen molar-refractivity contribution in [3.05, 3.63) is 48.4 Å².